The molecule has 8 heteroatoms. The molecule has 0 aliphatic heterocycles. The van der Waals surface area contributed by atoms with Crippen molar-refractivity contribution in [2.24, 2.45) is 0 Å². The van der Waals surface area contributed by atoms with Crippen LogP contribution in [0.15, 0.2) is 12.1 Å². The van der Waals surface area contributed by atoms with E-state index in [0.717, 1.165) is 6.07 Å². The summed E-state index contributed by atoms with van der Waals surface area (Å²) >= 11 is 0. The molecule has 0 heterocycles. The average Bonchev–Trinajstić information content (AvgIpc) is 2.18. The van der Waals surface area contributed by atoms with Gasteiger partial charge in [0.2, 0.25) is 0 Å². The zero-order valence-electron chi connectivity index (χ0n) is 9.95. The van der Waals surface area contributed by atoms with Crippen LogP contribution in [0.4, 0.5) is 26.3 Å². The number of aryl methyl sites for hydroxylation is 1. The van der Waals surface area contributed by atoms with Crippen molar-refractivity contribution in [3.05, 3.63) is 23.3 Å². The Bertz CT molecular complexity index is 450. The molecule has 0 unspecified atom stereocenters. The standard InChI is InChI=1S/C11H10F6O2/c1-3-18-8-5-6(2)4-7(10(12,13)14)9(8)19-11(15,16)17/h4-5H,3H2,1-2H3. The predicted octanol–water partition coefficient (Wildman–Crippen LogP) is 4.31. The van der Waals surface area contributed by atoms with Gasteiger partial charge < -0.3 is 9.47 Å². The van der Waals surface area contributed by atoms with Gasteiger partial charge in [-0.25, -0.2) is 0 Å². The van der Waals surface area contributed by atoms with Crippen LogP contribution in [0.25, 0.3) is 0 Å². The van der Waals surface area contributed by atoms with Crippen molar-refractivity contribution in [1.82, 2.24) is 0 Å². The molecule has 0 aromatic heterocycles. The van der Waals surface area contributed by atoms with E-state index in [2.05, 4.69) is 4.74 Å². The average molecular weight is 288 g/mol. The van der Waals surface area contributed by atoms with Gasteiger partial charge >= 0.3 is 12.5 Å². The Hall–Kier alpha value is -1.60. The summed E-state index contributed by atoms with van der Waals surface area (Å²) in [6, 6.07) is 1.63. The summed E-state index contributed by atoms with van der Waals surface area (Å²) in [7, 11) is 0. The molecule has 0 amide bonds. The van der Waals surface area contributed by atoms with Gasteiger partial charge in [-0.05, 0) is 31.5 Å². The number of halogens is 6. The molecule has 0 N–H and O–H groups in total. The summed E-state index contributed by atoms with van der Waals surface area (Å²) in [5.74, 6) is -1.96. The molecule has 1 aromatic carbocycles. The van der Waals surface area contributed by atoms with Crippen LogP contribution < -0.4 is 9.47 Å². The third-order valence-corrected chi connectivity index (χ3v) is 2.02. The number of benzene rings is 1. The third-order valence-electron chi connectivity index (χ3n) is 2.02. The summed E-state index contributed by atoms with van der Waals surface area (Å²) in [4.78, 5) is 0. The quantitative estimate of drug-likeness (QED) is 0.771. The molecule has 1 aromatic rings. The van der Waals surface area contributed by atoms with Crippen molar-refractivity contribution in [1.29, 1.82) is 0 Å². The van der Waals surface area contributed by atoms with Crippen LogP contribution in [-0.4, -0.2) is 13.0 Å². The largest absolute Gasteiger partial charge is 0.573 e. The maximum absolute atomic E-state index is 12.7. The van der Waals surface area contributed by atoms with Crippen molar-refractivity contribution >= 4 is 0 Å². The molecule has 0 radical (unpaired) electrons. The van der Waals surface area contributed by atoms with Gasteiger partial charge in [0, 0.05) is 0 Å². The fourth-order valence-corrected chi connectivity index (χ4v) is 1.43. The Morgan fingerprint density at radius 2 is 1.63 bits per heavy atom. The Morgan fingerprint density at radius 1 is 1.05 bits per heavy atom. The lowest BCUT2D eigenvalue weighted by Gasteiger charge is -2.19. The first-order valence-corrected chi connectivity index (χ1v) is 5.15. The number of alkyl halides is 6. The Kier molecular flexibility index (Phi) is 4.21. The summed E-state index contributed by atoms with van der Waals surface area (Å²) in [6.07, 6.45) is -10.2. The van der Waals surface area contributed by atoms with Gasteiger partial charge in [0.25, 0.3) is 0 Å². The van der Waals surface area contributed by atoms with Crippen LogP contribution in [0.1, 0.15) is 18.1 Å². The molecule has 0 saturated carbocycles. The normalized spacial score (nSPS) is 12.4. The molecule has 19 heavy (non-hydrogen) atoms. The van der Waals surface area contributed by atoms with Crippen LogP contribution in [0.5, 0.6) is 11.5 Å². The van der Waals surface area contributed by atoms with E-state index in [-0.39, 0.29) is 12.2 Å². The van der Waals surface area contributed by atoms with Crippen LogP contribution in [0.2, 0.25) is 0 Å². The van der Waals surface area contributed by atoms with E-state index in [9.17, 15) is 26.3 Å². The lowest BCUT2D eigenvalue weighted by molar-refractivity contribution is -0.276. The summed E-state index contributed by atoms with van der Waals surface area (Å²) in [6.45, 7) is 2.66. The van der Waals surface area contributed by atoms with Crippen molar-refractivity contribution in [3.8, 4) is 11.5 Å². The minimum Gasteiger partial charge on any atom is -0.490 e. The van der Waals surface area contributed by atoms with Crippen molar-refractivity contribution < 1.29 is 35.8 Å². The Labute approximate surface area is 104 Å². The van der Waals surface area contributed by atoms with Gasteiger partial charge in [-0.1, -0.05) is 0 Å². The highest BCUT2D eigenvalue weighted by atomic mass is 19.4. The highest BCUT2D eigenvalue weighted by Gasteiger charge is 2.41. The molecule has 1 rings (SSSR count). The zero-order valence-corrected chi connectivity index (χ0v) is 9.95. The maximum Gasteiger partial charge on any atom is 0.573 e. The second-order valence-electron chi connectivity index (χ2n) is 3.62. The monoisotopic (exact) mass is 288 g/mol. The number of ether oxygens (including phenoxy) is 2. The molecular weight excluding hydrogens is 278 g/mol. The predicted molar refractivity (Wildman–Crippen MR) is 54.0 cm³/mol. The van der Waals surface area contributed by atoms with E-state index in [1.54, 1.807) is 0 Å². The van der Waals surface area contributed by atoms with Crippen molar-refractivity contribution in [3.63, 3.8) is 0 Å². The minimum atomic E-state index is -5.24. The molecule has 0 bridgehead atoms. The van der Waals surface area contributed by atoms with Gasteiger partial charge in [-0.15, -0.1) is 13.2 Å². The van der Waals surface area contributed by atoms with Crippen molar-refractivity contribution in [2.45, 2.75) is 26.4 Å². The van der Waals surface area contributed by atoms with E-state index >= 15 is 0 Å². The molecular formula is C11H10F6O2. The fourth-order valence-electron chi connectivity index (χ4n) is 1.43. The molecule has 0 atom stereocenters. The van der Waals surface area contributed by atoms with Crippen LogP contribution in [0, 0.1) is 6.92 Å². The van der Waals surface area contributed by atoms with Crippen LogP contribution in [0.3, 0.4) is 0 Å². The number of hydrogen-bond acceptors (Lipinski definition) is 2. The maximum atomic E-state index is 12.7. The van der Waals surface area contributed by atoms with Gasteiger partial charge in [-0.3, -0.25) is 0 Å². The highest BCUT2D eigenvalue weighted by molar-refractivity contribution is 5.50. The second-order valence-corrected chi connectivity index (χ2v) is 3.62. The molecule has 0 aliphatic rings. The van der Waals surface area contributed by atoms with E-state index in [1.165, 1.54) is 13.8 Å². The lowest BCUT2D eigenvalue weighted by atomic mass is 10.1. The fraction of sp³-hybridized carbons (Fsp3) is 0.455. The number of rotatable bonds is 3. The summed E-state index contributed by atoms with van der Waals surface area (Å²) in [5.41, 5.74) is -1.40. The SMILES string of the molecule is CCOc1cc(C)cc(C(F)(F)F)c1OC(F)(F)F. The molecule has 0 aliphatic carbocycles. The molecule has 108 valence electrons. The van der Waals surface area contributed by atoms with Gasteiger partial charge in [-0.2, -0.15) is 13.2 Å². The molecule has 0 spiro atoms. The molecule has 0 saturated heterocycles. The second kappa shape index (κ2) is 5.18. The van der Waals surface area contributed by atoms with E-state index < -0.39 is 29.6 Å². The highest BCUT2D eigenvalue weighted by Crippen LogP contribution is 2.44. The Morgan fingerprint density at radius 3 is 2.05 bits per heavy atom. The summed E-state index contributed by atoms with van der Waals surface area (Å²) < 4.78 is 82.9. The number of hydrogen-bond donors (Lipinski definition) is 0. The Balaban J connectivity index is 3.43. The smallest absolute Gasteiger partial charge is 0.490 e. The van der Waals surface area contributed by atoms with Crippen molar-refractivity contribution in [2.75, 3.05) is 6.61 Å². The zero-order chi connectivity index (χ0) is 14.8. The first kappa shape index (κ1) is 15.5. The van der Waals surface area contributed by atoms with Gasteiger partial charge in [0.15, 0.2) is 11.5 Å². The van der Waals surface area contributed by atoms with E-state index in [0.29, 0.717) is 6.07 Å². The van der Waals surface area contributed by atoms with E-state index in [1.807, 2.05) is 0 Å². The minimum absolute atomic E-state index is 0.0883. The molecule has 2 nitrogen and oxygen atoms in total. The summed E-state index contributed by atoms with van der Waals surface area (Å²) in [5, 5.41) is 0. The van der Waals surface area contributed by atoms with Crippen LogP contribution >= 0.6 is 0 Å². The van der Waals surface area contributed by atoms with E-state index in [4.69, 9.17) is 4.74 Å². The first-order valence-electron chi connectivity index (χ1n) is 5.15. The van der Waals surface area contributed by atoms with Gasteiger partial charge in [0.1, 0.15) is 5.56 Å². The molecule has 0 fully saturated rings. The topological polar surface area (TPSA) is 18.5 Å². The van der Waals surface area contributed by atoms with Gasteiger partial charge in [0.05, 0.1) is 6.61 Å². The lowest BCUT2D eigenvalue weighted by Crippen LogP contribution is -2.21. The first-order chi connectivity index (χ1) is 8.54. The van der Waals surface area contributed by atoms with Crippen LogP contribution in [-0.2, 0) is 6.18 Å². The third kappa shape index (κ3) is 4.22.